The Morgan fingerprint density at radius 3 is 2.34 bits per heavy atom. The molecule has 2 atom stereocenters. The lowest BCUT2D eigenvalue weighted by Crippen LogP contribution is -2.35. The molecule has 0 aromatic carbocycles. The van der Waals surface area contributed by atoms with Gasteiger partial charge in [-0.1, -0.05) is 32.8 Å². The van der Waals surface area contributed by atoms with Crippen molar-refractivity contribution in [2.45, 2.75) is 52.0 Å². The molecule has 0 radical (unpaired) electrons. The number of hydrogen-bond donors (Lipinski definition) is 0. The van der Waals surface area contributed by atoms with Gasteiger partial charge >= 0.3 is 0 Å². The fourth-order valence-electron chi connectivity index (χ4n) is 4.24. The number of unbranched alkanes of at least 4 members (excludes halogenated alkanes) is 2. The van der Waals surface area contributed by atoms with Crippen molar-refractivity contribution in [1.82, 2.24) is 14.8 Å². The third kappa shape index (κ3) is 5.51. The molecule has 7 heteroatoms. The van der Waals surface area contributed by atoms with E-state index >= 15 is 0 Å². The van der Waals surface area contributed by atoms with Crippen LogP contribution in [0.2, 0.25) is 0 Å². The molecule has 2 unspecified atom stereocenters. The SMILES string of the molecule is CCCCN(CCCC)CCCN1C(=O)C(=O)C(C(=O)c2ccco2)C1c1ccccn1. The minimum absolute atomic E-state index is 0.0873. The first-order chi connectivity index (χ1) is 15.6. The van der Waals surface area contributed by atoms with Gasteiger partial charge in [0.05, 0.1) is 18.0 Å². The van der Waals surface area contributed by atoms with Gasteiger partial charge in [0.1, 0.15) is 5.92 Å². The van der Waals surface area contributed by atoms with E-state index in [9.17, 15) is 14.4 Å². The monoisotopic (exact) mass is 439 g/mol. The molecule has 1 aliphatic heterocycles. The van der Waals surface area contributed by atoms with Crippen LogP contribution in [0.5, 0.6) is 0 Å². The summed E-state index contributed by atoms with van der Waals surface area (Å²) in [5, 5.41) is 0. The average Bonchev–Trinajstić information content (AvgIpc) is 3.44. The van der Waals surface area contributed by atoms with Crippen LogP contribution in [0.25, 0.3) is 0 Å². The highest BCUT2D eigenvalue weighted by Gasteiger charge is 2.52. The topological polar surface area (TPSA) is 83.7 Å². The molecule has 1 fully saturated rings. The Labute approximate surface area is 189 Å². The number of Topliss-reactive ketones (excluding diaryl/α,β-unsaturated/α-hetero) is 2. The molecule has 0 bridgehead atoms. The molecule has 32 heavy (non-hydrogen) atoms. The van der Waals surface area contributed by atoms with Crippen molar-refractivity contribution in [1.29, 1.82) is 0 Å². The van der Waals surface area contributed by atoms with Gasteiger partial charge in [-0.25, -0.2) is 0 Å². The highest BCUT2D eigenvalue weighted by atomic mass is 16.3. The molecule has 0 saturated carbocycles. The maximum Gasteiger partial charge on any atom is 0.291 e. The third-order valence-electron chi connectivity index (χ3n) is 5.97. The molecular weight excluding hydrogens is 406 g/mol. The lowest BCUT2D eigenvalue weighted by Gasteiger charge is -2.28. The largest absolute Gasteiger partial charge is 0.461 e. The van der Waals surface area contributed by atoms with Crippen LogP contribution in [0.3, 0.4) is 0 Å². The number of rotatable bonds is 13. The van der Waals surface area contributed by atoms with E-state index in [2.05, 4.69) is 23.7 Å². The fraction of sp³-hybridized carbons (Fsp3) is 0.520. The van der Waals surface area contributed by atoms with E-state index in [-0.39, 0.29) is 5.76 Å². The second-order valence-corrected chi connectivity index (χ2v) is 8.28. The molecule has 0 spiro atoms. The zero-order chi connectivity index (χ0) is 22.9. The Hall–Kier alpha value is -2.80. The van der Waals surface area contributed by atoms with Crippen LogP contribution in [0.15, 0.2) is 47.2 Å². The summed E-state index contributed by atoms with van der Waals surface area (Å²) in [7, 11) is 0. The van der Waals surface area contributed by atoms with E-state index in [1.165, 1.54) is 17.2 Å². The van der Waals surface area contributed by atoms with Crippen molar-refractivity contribution in [3.05, 3.63) is 54.2 Å². The van der Waals surface area contributed by atoms with Crippen LogP contribution in [0.4, 0.5) is 0 Å². The molecule has 3 rings (SSSR count). The lowest BCUT2D eigenvalue weighted by atomic mass is 9.90. The molecule has 1 amide bonds. The lowest BCUT2D eigenvalue weighted by molar-refractivity contribution is -0.140. The van der Waals surface area contributed by atoms with Gasteiger partial charge in [-0.05, 0) is 63.2 Å². The molecule has 172 valence electrons. The van der Waals surface area contributed by atoms with Crippen LogP contribution in [0, 0.1) is 5.92 Å². The Kier molecular flexibility index (Phi) is 8.73. The van der Waals surface area contributed by atoms with E-state index in [1.54, 1.807) is 30.5 Å². The van der Waals surface area contributed by atoms with Crippen LogP contribution >= 0.6 is 0 Å². The van der Waals surface area contributed by atoms with Crippen LogP contribution in [0.1, 0.15) is 68.2 Å². The zero-order valence-corrected chi connectivity index (χ0v) is 19.0. The van der Waals surface area contributed by atoms with E-state index in [4.69, 9.17) is 4.42 Å². The molecule has 3 heterocycles. The number of aromatic nitrogens is 1. The molecule has 2 aromatic heterocycles. The number of ketones is 2. The highest BCUT2D eigenvalue weighted by molar-refractivity contribution is 6.43. The van der Waals surface area contributed by atoms with Gasteiger partial charge in [0.2, 0.25) is 11.6 Å². The molecule has 0 N–H and O–H groups in total. The second-order valence-electron chi connectivity index (χ2n) is 8.28. The molecule has 1 aliphatic rings. The first-order valence-electron chi connectivity index (χ1n) is 11.6. The number of furan rings is 1. The minimum Gasteiger partial charge on any atom is -0.461 e. The van der Waals surface area contributed by atoms with Crippen molar-refractivity contribution in [2.75, 3.05) is 26.2 Å². The summed E-state index contributed by atoms with van der Waals surface area (Å²) >= 11 is 0. The Bertz CT molecular complexity index is 874. The van der Waals surface area contributed by atoms with Gasteiger partial charge in [0.25, 0.3) is 5.91 Å². The molecule has 2 aromatic rings. The number of carbonyl (C=O) groups excluding carboxylic acids is 3. The maximum atomic E-state index is 13.1. The quantitative estimate of drug-likeness (QED) is 0.267. The first kappa shape index (κ1) is 23.9. The van der Waals surface area contributed by atoms with Crippen molar-refractivity contribution in [3.63, 3.8) is 0 Å². The summed E-state index contributed by atoms with van der Waals surface area (Å²) in [5.74, 6) is -2.82. The van der Waals surface area contributed by atoms with Crippen LogP contribution in [-0.4, -0.2) is 58.4 Å². The summed E-state index contributed by atoms with van der Waals surface area (Å²) < 4.78 is 5.24. The van der Waals surface area contributed by atoms with Crippen molar-refractivity contribution < 1.29 is 18.8 Å². The maximum absolute atomic E-state index is 13.1. The fourth-order valence-corrected chi connectivity index (χ4v) is 4.24. The number of pyridine rings is 1. The number of likely N-dealkylation sites (tertiary alicyclic amines) is 1. The summed E-state index contributed by atoms with van der Waals surface area (Å²) in [6, 6.07) is 7.75. The smallest absolute Gasteiger partial charge is 0.291 e. The molecule has 1 saturated heterocycles. The normalized spacial score (nSPS) is 18.7. The van der Waals surface area contributed by atoms with Gasteiger partial charge in [0.15, 0.2) is 5.76 Å². The Balaban J connectivity index is 1.78. The molecular formula is C25H33N3O4. The van der Waals surface area contributed by atoms with Crippen LogP contribution < -0.4 is 0 Å². The second kappa shape index (κ2) is 11.7. The average molecular weight is 440 g/mol. The number of amides is 1. The van der Waals surface area contributed by atoms with Gasteiger partial charge in [-0.15, -0.1) is 0 Å². The molecule has 7 nitrogen and oxygen atoms in total. The van der Waals surface area contributed by atoms with Gasteiger partial charge < -0.3 is 14.2 Å². The number of nitrogens with zero attached hydrogens (tertiary/aromatic N) is 3. The Morgan fingerprint density at radius 1 is 1.03 bits per heavy atom. The van der Waals surface area contributed by atoms with Gasteiger partial charge in [-0.2, -0.15) is 0 Å². The number of carbonyl (C=O) groups is 3. The van der Waals surface area contributed by atoms with E-state index in [0.29, 0.717) is 12.2 Å². The van der Waals surface area contributed by atoms with E-state index < -0.39 is 29.4 Å². The highest BCUT2D eigenvalue weighted by Crippen LogP contribution is 2.37. The van der Waals surface area contributed by atoms with Crippen molar-refractivity contribution >= 4 is 17.5 Å². The predicted molar refractivity (Wildman–Crippen MR) is 121 cm³/mol. The van der Waals surface area contributed by atoms with E-state index in [1.807, 2.05) is 0 Å². The molecule has 0 aliphatic carbocycles. The van der Waals surface area contributed by atoms with Crippen molar-refractivity contribution in [3.8, 4) is 0 Å². The zero-order valence-electron chi connectivity index (χ0n) is 19.0. The van der Waals surface area contributed by atoms with Crippen LogP contribution in [-0.2, 0) is 9.59 Å². The van der Waals surface area contributed by atoms with Crippen molar-refractivity contribution in [2.24, 2.45) is 5.92 Å². The van der Waals surface area contributed by atoms with Gasteiger partial charge in [0, 0.05) is 12.7 Å². The standard InChI is InChI=1S/C25H33N3O4/c1-3-5-14-27(15-6-4-2)16-10-17-28-22(19-11-7-8-13-26-19)21(24(30)25(28)31)23(29)20-12-9-18-32-20/h7-9,11-13,18,21-22H,3-6,10,14-17H2,1-2H3. The summed E-state index contributed by atoms with van der Waals surface area (Å²) in [5.41, 5.74) is 0.547. The predicted octanol–water partition coefficient (Wildman–Crippen LogP) is 3.92. The first-order valence-corrected chi connectivity index (χ1v) is 11.6. The van der Waals surface area contributed by atoms with Gasteiger partial charge in [-0.3, -0.25) is 19.4 Å². The number of hydrogen-bond acceptors (Lipinski definition) is 6. The summed E-state index contributed by atoms with van der Waals surface area (Å²) in [6.07, 6.45) is 8.30. The summed E-state index contributed by atoms with van der Waals surface area (Å²) in [4.78, 5) is 47.3. The minimum atomic E-state index is -1.14. The summed E-state index contributed by atoms with van der Waals surface area (Å²) in [6.45, 7) is 7.69. The van der Waals surface area contributed by atoms with E-state index in [0.717, 1.165) is 51.7 Å². The Morgan fingerprint density at radius 2 is 1.75 bits per heavy atom. The third-order valence-corrected chi connectivity index (χ3v) is 5.97.